The van der Waals surface area contributed by atoms with Gasteiger partial charge in [0, 0.05) is 12.7 Å². The van der Waals surface area contributed by atoms with Crippen molar-refractivity contribution in [1.29, 1.82) is 0 Å². The monoisotopic (exact) mass is 277 g/mol. The van der Waals surface area contributed by atoms with E-state index in [-0.39, 0.29) is 0 Å². The Morgan fingerprint density at radius 2 is 2.25 bits per heavy atom. The van der Waals surface area contributed by atoms with Crippen LogP contribution in [0.2, 0.25) is 0 Å². The van der Waals surface area contributed by atoms with E-state index in [1.54, 1.807) is 0 Å². The van der Waals surface area contributed by atoms with Gasteiger partial charge in [-0.15, -0.1) is 0 Å². The normalized spacial score (nSPS) is 10.7. The lowest BCUT2D eigenvalue weighted by Gasteiger charge is -2.09. The molecule has 3 nitrogen and oxygen atoms in total. The van der Waals surface area contributed by atoms with Crippen molar-refractivity contribution in [3.8, 4) is 0 Å². The quantitative estimate of drug-likeness (QED) is 0.829. The maximum absolute atomic E-state index is 5.59. The van der Waals surface area contributed by atoms with Gasteiger partial charge in [0.25, 0.3) is 0 Å². The van der Waals surface area contributed by atoms with Gasteiger partial charge >= 0.3 is 0 Å². The first kappa shape index (κ1) is 9.73. The van der Waals surface area contributed by atoms with Gasteiger partial charge in [0.05, 0.1) is 3.57 Å². The number of hydrogen-bond acceptors (Lipinski definition) is 3. The van der Waals surface area contributed by atoms with Gasteiger partial charge in [0.15, 0.2) is 0 Å². The fourth-order valence-electron chi connectivity index (χ4n) is 0.940. The molecule has 0 fully saturated rings. The fourth-order valence-corrected chi connectivity index (χ4v) is 1.48. The first-order valence-corrected chi connectivity index (χ1v) is 4.72. The van der Waals surface area contributed by atoms with Crippen molar-refractivity contribution in [1.82, 2.24) is 9.88 Å². The third-order valence-corrected chi connectivity index (χ3v) is 2.29. The summed E-state index contributed by atoms with van der Waals surface area (Å²) in [6.07, 6.45) is 1.82. The zero-order valence-electron chi connectivity index (χ0n) is 7.21. The third-order valence-electron chi connectivity index (χ3n) is 1.43. The van der Waals surface area contributed by atoms with Crippen molar-refractivity contribution < 1.29 is 0 Å². The Hall–Kier alpha value is -0.360. The van der Waals surface area contributed by atoms with Crippen LogP contribution >= 0.6 is 22.6 Å². The summed E-state index contributed by atoms with van der Waals surface area (Å²) < 4.78 is 1.02. The molecule has 66 valence electrons. The zero-order valence-corrected chi connectivity index (χ0v) is 9.37. The minimum Gasteiger partial charge on any atom is -0.383 e. The van der Waals surface area contributed by atoms with E-state index in [0.29, 0.717) is 5.82 Å². The van der Waals surface area contributed by atoms with Gasteiger partial charge in [-0.2, -0.15) is 0 Å². The molecule has 0 aliphatic carbocycles. The maximum atomic E-state index is 5.59. The largest absolute Gasteiger partial charge is 0.383 e. The first-order valence-electron chi connectivity index (χ1n) is 3.64. The van der Waals surface area contributed by atoms with E-state index in [4.69, 9.17) is 5.73 Å². The third kappa shape index (κ3) is 2.60. The highest BCUT2D eigenvalue weighted by Crippen LogP contribution is 2.13. The molecule has 1 rings (SSSR count). The Balaban J connectivity index is 2.82. The van der Waals surface area contributed by atoms with Crippen LogP contribution in [0.25, 0.3) is 0 Å². The number of pyridine rings is 1. The molecule has 0 saturated heterocycles. The average Bonchev–Trinajstić information content (AvgIpc) is 1.96. The van der Waals surface area contributed by atoms with Crippen molar-refractivity contribution >= 4 is 28.4 Å². The molecule has 0 saturated carbocycles. The van der Waals surface area contributed by atoms with E-state index >= 15 is 0 Å². The van der Waals surface area contributed by atoms with Crippen molar-refractivity contribution in [3.63, 3.8) is 0 Å². The van der Waals surface area contributed by atoms with Crippen LogP contribution in [-0.2, 0) is 6.54 Å². The number of aromatic nitrogens is 1. The topological polar surface area (TPSA) is 42.2 Å². The predicted molar refractivity (Wildman–Crippen MR) is 58.8 cm³/mol. The Labute approximate surface area is 86.1 Å². The Morgan fingerprint density at radius 3 is 2.75 bits per heavy atom. The van der Waals surface area contributed by atoms with E-state index in [2.05, 4.69) is 38.5 Å². The second-order valence-electron chi connectivity index (χ2n) is 2.95. The van der Waals surface area contributed by atoms with E-state index in [1.807, 2.05) is 20.3 Å². The molecule has 0 atom stereocenters. The van der Waals surface area contributed by atoms with Crippen LogP contribution in [0.5, 0.6) is 0 Å². The molecular weight excluding hydrogens is 265 g/mol. The Bertz CT molecular complexity index is 273. The van der Waals surface area contributed by atoms with Gasteiger partial charge in [-0.05, 0) is 48.3 Å². The van der Waals surface area contributed by atoms with Crippen LogP contribution in [0.15, 0.2) is 12.3 Å². The maximum Gasteiger partial charge on any atom is 0.136 e. The molecule has 0 aliphatic heterocycles. The van der Waals surface area contributed by atoms with E-state index in [9.17, 15) is 0 Å². The Kier molecular flexibility index (Phi) is 3.28. The summed E-state index contributed by atoms with van der Waals surface area (Å²) in [6.45, 7) is 0.906. The molecule has 1 aromatic heterocycles. The summed E-state index contributed by atoms with van der Waals surface area (Å²) in [7, 11) is 4.06. The lowest BCUT2D eigenvalue weighted by atomic mass is 10.3. The van der Waals surface area contributed by atoms with Crippen LogP contribution in [0, 0.1) is 3.57 Å². The molecule has 4 heteroatoms. The molecule has 0 aromatic carbocycles. The summed E-state index contributed by atoms with van der Waals surface area (Å²) in [4.78, 5) is 6.18. The highest BCUT2D eigenvalue weighted by Gasteiger charge is 1.99. The molecule has 1 aromatic rings. The molecule has 0 amide bonds. The molecule has 1 heterocycles. The molecule has 0 unspecified atom stereocenters. The lowest BCUT2D eigenvalue weighted by molar-refractivity contribution is 0.402. The molecule has 0 aliphatic rings. The number of halogens is 1. The molecular formula is C8H12IN3. The molecule has 0 radical (unpaired) electrons. The van der Waals surface area contributed by atoms with Crippen molar-refractivity contribution in [2.45, 2.75) is 6.54 Å². The minimum atomic E-state index is 0.609. The first-order chi connectivity index (χ1) is 5.59. The predicted octanol–water partition coefficient (Wildman–Crippen LogP) is 1.33. The van der Waals surface area contributed by atoms with Gasteiger partial charge in [0.1, 0.15) is 5.82 Å². The fraction of sp³-hybridized carbons (Fsp3) is 0.375. The van der Waals surface area contributed by atoms with Gasteiger partial charge in [-0.25, -0.2) is 4.98 Å². The molecule has 0 spiro atoms. The van der Waals surface area contributed by atoms with Crippen molar-refractivity contribution in [3.05, 3.63) is 21.4 Å². The number of nitrogens with zero attached hydrogens (tertiary/aromatic N) is 2. The van der Waals surface area contributed by atoms with Crippen molar-refractivity contribution in [2.24, 2.45) is 0 Å². The summed E-state index contributed by atoms with van der Waals surface area (Å²) in [5, 5.41) is 0. The van der Waals surface area contributed by atoms with Gasteiger partial charge in [-0.3, -0.25) is 0 Å². The molecule has 12 heavy (non-hydrogen) atoms. The number of anilines is 1. The van der Waals surface area contributed by atoms with Crippen LogP contribution < -0.4 is 5.73 Å². The summed E-state index contributed by atoms with van der Waals surface area (Å²) in [6, 6.07) is 2.06. The highest BCUT2D eigenvalue weighted by atomic mass is 127. The Morgan fingerprint density at radius 1 is 1.58 bits per heavy atom. The van der Waals surface area contributed by atoms with Gasteiger partial charge in [-0.1, -0.05) is 0 Å². The number of rotatable bonds is 2. The lowest BCUT2D eigenvalue weighted by Crippen LogP contribution is -2.11. The van der Waals surface area contributed by atoms with Crippen LogP contribution in [0.4, 0.5) is 5.82 Å². The number of nitrogen functional groups attached to an aromatic ring is 1. The number of hydrogen-bond donors (Lipinski definition) is 1. The van der Waals surface area contributed by atoms with Crippen LogP contribution in [0.1, 0.15) is 5.56 Å². The standard InChI is InChI=1S/C8H12IN3/c1-12(2)5-6-3-7(9)8(10)11-4-6/h3-4H,5H2,1-2H3,(H2,10,11). The van der Waals surface area contributed by atoms with Crippen LogP contribution in [0.3, 0.4) is 0 Å². The zero-order chi connectivity index (χ0) is 9.14. The van der Waals surface area contributed by atoms with E-state index in [0.717, 1.165) is 10.1 Å². The molecule has 0 bridgehead atoms. The summed E-state index contributed by atoms with van der Waals surface area (Å²) >= 11 is 2.19. The van der Waals surface area contributed by atoms with Gasteiger partial charge < -0.3 is 10.6 Å². The number of nitrogens with two attached hydrogens (primary N) is 1. The summed E-state index contributed by atoms with van der Waals surface area (Å²) in [5.41, 5.74) is 6.78. The summed E-state index contributed by atoms with van der Waals surface area (Å²) in [5.74, 6) is 0.609. The van der Waals surface area contributed by atoms with E-state index < -0.39 is 0 Å². The minimum absolute atomic E-state index is 0.609. The second kappa shape index (κ2) is 4.04. The second-order valence-corrected chi connectivity index (χ2v) is 4.11. The van der Waals surface area contributed by atoms with Crippen LogP contribution in [-0.4, -0.2) is 24.0 Å². The average molecular weight is 277 g/mol. The smallest absolute Gasteiger partial charge is 0.136 e. The van der Waals surface area contributed by atoms with Crippen molar-refractivity contribution in [2.75, 3.05) is 19.8 Å². The SMILES string of the molecule is CN(C)Cc1cnc(N)c(I)c1. The van der Waals surface area contributed by atoms with Gasteiger partial charge in [0.2, 0.25) is 0 Å². The highest BCUT2D eigenvalue weighted by molar-refractivity contribution is 14.1. The molecule has 2 N–H and O–H groups in total. The van der Waals surface area contributed by atoms with E-state index in [1.165, 1.54) is 5.56 Å².